The second-order valence-corrected chi connectivity index (χ2v) is 10.8. The second-order valence-electron chi connectivity index (χ2n) is 9.93. The van der Waals surface area contributed by atoms with Gasteiger partial charge in [-0.2, -0.15) is 0 Å². The maximum absolute atomic E-state index is 13.3. The van der Waals surface area contributed by atoms with Crippen LogP contribution in [-0.4, -0.2) is 88.8 Å². The first-order chi connectivity index (χ1) is 19.5. The second kappa shape index (κ2) is 11.1. The molecule has 206 valence electrons. The van der Waals surface area contributed by atoms with Crippen LogP contribution in [0.5, 0.6) is 5.75 Å². The number of piperidine rings is 1. The number of aromatic nitrogens is 2. The van der Waals surface area contributed by atoms with Gasteiger partial charge in [0.1, 0.15) is 17.1 Å². The number of methoxy groups -OCH3 is 1. The third kappa shape index (κ3) is 5.04. The fraction of sp³-hybridized carbons (Fsp3) is 0.345. The van der Waals surface area contributed by atoms with E-state index in [2.05, 4.69) is 9.97 Å². The molecule has 0 unspecified atom stereocenters. The van der Waals surface area contributed by atoms with Gasteiger partial charge in [0, 0.05) is 62.0 Å². The summed E-state index contributed by atoms with van der Waals surface area (Å²) in [4.78, 5) is 53.4. The number of thiazole rings is 1. The Morgan fingerprint density at radius 3 is 2.23 bits per heavy atom. The van der Waals surface area contributed by atoms with Gasteiger partial charge in [-0.05, 0) is 37.1 Å². The first-order valence-corrected chi connectivity index (χ1v) is 14.2. The first-order valence-electron chi connectivity index (χ1n) is 13.3. The molecule has 1 aromatic carbocycles. The SMILES string of the molecule is COc1cc(C(=O)N2CCC(c3nc(C(=O)N4CCN(C(=O)c5ccco5)CC4)cs3)CC2)nc2ccccc12. The van der Waals surface area contributed by atoms with E-state index in [1.165, 1.54) is 17.6 Å². The van der Waals surface area contributed by atoms with E-state index in [1.54, 1.807) is 35.1 Å². The molecule has 0 bridgehead atoms. The number of para-hydroxylation sites is 1. The van der Waals surface area contributed by atoms with Gasteiger partial charge < -0.3 is 23.9 Å². The van der Waals surface area contributed by atoms with Crippen molar-refractivity contribution < 1.29 is 23.5 Å². The molecule has 2 aliphatic rings. The van der Waals surface area contributed by atoms with E-state index in [4.69, 9.17) is 9.15 Å². The Kier molecular flexibility index (Phi) is 7.21. The number of carbonyl (C=O) groups excluding carboxylic acids is 3. The van der Waals surface area contributed by atoms with Crippen molar-refractivity contribution in [1.29, 1.82) is 0 Å². The number of carbonyl (C=O) groups is 3. The smallest absolute Gasteiger partial charge is 0.289 e. The molecule has 0 N–H and O–H groups in total. The zero-order valence-corrected chi connectivity index (χ0v) is 22.9. The molecule has 10 nitrogen and oxygen atoms in total. The van der Waals surface area contributed by atoms with Crippen LogP contribution in [0.3, 0.4) is 0 Å². The van der Waals surface area contributed by atoms with Gasteiger partial charge in [0.2, 0.25) is 0 Å². The van der Waals surface area contributed by atoms with Crippen LogP contribution in [-0.2, 0) is 0 Å². The number of ether oxygens (including phenoxy) is 1. The highest BCUT2D eigenvalue weighted by atomic mass is 32.1. The molecule has 3 amide bonds. The van der Waals surface area contributed by atoms with Gasteiger partial charge in [0.25, 0.3) is 17.7 Å². The first kappa shape index (κ1) is 26.0. The lowest BCUT2D eigenvalue weighted by Gasteiger charge is -2.34. The van der Waals surface area contributed by atoms with Crippen molar-refractivity contribution in [2.45, 2.75) is 18.8 Å². The fourth-order valence-corrected chi connectivity index (χ4v) is 6.28. The van der Waals surface area contributed by atoms with Crippen molar-refractivity contribution in [1.82, 2.24) is 24.7 Å². The lowest BCUT2D eigenvalue weighted by Crippen LogP contribution is -2.50. The van der Waals surface area contributed by atoms with Crippen molar-refractivity contribution in [3.05, 3.63) is 76.3 Å². The van der Waals surface area contributed by atoms with E-state index in [0.29, 0.717) is 62.2 Å². The molecule has 3 aromatic heterocycles. The van der Waals surface area contributed by atoms with E-state index < -0.39 is 0 Å². The van der Waals surface area contributed by atoms with Crippen LogP contribution < -0.4 is 4.74 Å². The molecule has 2 aliphatic heterocycles. The molecule has 5 heterocycles. The summed E-state index contributed by atoms with van der Waals surface area (Å²) in [5.41, 5.74) is 1.55. The minimum Gasteiger partial charge on any atom is -0.496 e. The summed E-state index contributed by atoms with van der Waals surface area (Å²) in [6.45, 7) is 2.99. The number of nitrogens with zero attached hydrogens (tertiary/aromatic N) is 5. The molecule has 6 rings (SSSR count). The summed E-state index contributed by atoms with van der Waals surface area (Å²) in [6.07, 6.45) is 3.02. The van der Waals surface area contributed by atoms with E-state index in [-0.39, 0.29) is 23.6 Å². The maximum atomic E-state index is 13.3. The highest BCUT2D eigenvalue weighted by molar-refractivity contribution is 7.09. The molecule has 11 heteroatoms. The number of benzene rings is 1. The molecule has 0 saturated carbocycles. The summed E-state index contributed by atoms with van der Waals surface area (Å²) >= 11 is 1.50. The zero-order valence-electron chi connectivity index (χ0n) is 22.1. The monoisotopic (exact) mass is 559 g/mol. The van der Waals surface area contributed by atoms with Crippen molar-refractivity contribution in [3.8, 4) is 5.75 Å². The highest BCUT2D eigenvalue weighted by Gasteiger charge is 2.30. The summed E-state index contributed by atoms with van der Waals surface area (Å²) in [7, 11) is 1.60. The molecular weight excluding hydrogens is 530 g/mol. The summed E-state index contributed by atoms with van der Waals surface area (Å²) in [5.74, 6) is 0.754. The standard InChI is InChI=1S/C29H29N5O5S/c1-38-25-17-22(30-21-6-3-2-5-20(21)25)27(35)32-10-8-19(9-11-32)26-31-23(18-40-26)28(36)33-12-14-34(15-13-33)29(37)24-7-4-16-39-24/h2-7,16-19H,8-15H2,1H3. The van der Waals surface area contributed by atoms with Crippen LogP contribution in [0.4, 0.5) is 0 Å². The number of fused-ring (bicyclic) bond motifs is 1. The number of rotatable bonds is 5. The lowest BCUT2D eigenvalue weighted by molar-refractivity contribution is 0.0515. The molecule has 0 atom stereocenters. The minimum absolute atomic E-state index is 0.109. The van der Waals surface area contributed by atoms with E-state index in [9.17, 15) is 14.4 Å². The van der Waals surface area contributed by atoms with Crippen molar-refractivity contribution in [2.75, 3.05) is 46.4 Å². The Balaban J connectivity index is 1.04. The van der Waals surface area contributed by atoms with E-state index >= 15 is 0 Å². The maximum Gasteiger partial charge on any atom is 0.289 e. The Morgan fingerprint density at radius 2 is 1.52 bits per heavy atom. The fourth-order valence-electron chi connectivity index (χ4n) is 5.32. The number of likely N-dealkylation sites (tertiary alicyclic amines) is 1. The van der Waals surface area contributed by atoms with Gasteiger partial charge >= 0.3 is 0 Å². The normalized spacial score (nSPS) is 16.4. The van der Waals surface area contributed by atoms with E-state index in [1.807, 2.05) is 34.5 Å². The molecular formula is C29H29N5O5S. The summed E-state index contributed by atoms with van der Waals surface area (Å²) in [6, 6.07) is 12.7. The third-order valence-corrected chi connectivity index (χ3v) is 8.58. The Bertz CT molecular complexity index is 1540. The topological polar surface area (TPSA) is 109 Å². The predicted octanol–water partition coefficient (Wildman–Crippen LogP) is 3.91. The number of piperazine rings is 1. The third-order valence-electron chi connectivity index (χ3n) is 7.58. The van der Waals surface area contributed by atoms with Gasteiger partial charge in [-0.1, -0.05) is 12.1 Å². The number of amides is 3. The van der Waals surface area contributed by atoms with E-state index in [0.717, 1.165) is 28.8 Å². The largest absolute Gasteiger partial charge is 0.496 e. The number of hydrogen-bond donors (Lipinski definition) is 0. The summed E-state index contributed by atoms with van der Waals surface area (Å²) < 4.78 is 10.7. The number of furan rings is 1. The van der Waals surface area contributed by atoms with Gasteiger partial charge in [0.05, 0.1) is 23.9 Å². The minimum atomic E-state index is -0.159. The Hall–Kier alpha value is -4.25. The average molecular weight is 560 g/mol. The zero-order chi connectivity index (χ0) is 27.6. The van der Waals surface area contributed by atoms with Crippen molar-refractivity contribution in [2.24, 2.45) is 0 Å². The Morgan fingerprint density at radius 1 is 0.850 bits per heavy atom. The molecule has 2 fully saturated rings. The van der Waals surface area contributed by atoms with Gasteiger partial charge in [0.15, 0.2) is 5.76 Å². The van der Waals surface area contributed by atoms with Gasteiger partial charge in [-0.15, -0.1) is 11.3 Å². The average Bonchev–Trinajstić information content (AvgIpc) is 3.73. The molecule has 0 radical (unpaired) electrons. The van der Waals surface area contributed by atoms with Crippen LogP contribution in [0.15, 0.2) is 58.5 Å². The quantitative estimate of drug-likeness (QED) is 0.365. The predicted molar refractivity (Wildman–Crippen MR) is 149 cm³/mol. The van der Waals surface area contributed by atoms with Crippen LogP contribution in [0.25, 0.3) is 10.9 Å². The van der Waals surface area contributed by atoms with Gasteiger partial charge in [-0.3, -0.25) is 14.4 Å². The van der Waals surface area contributed by atoms with Crippen molar-refractivity contribution in [3.63, 3.8) is 0 Å². The Labute approximate surface area is 235 Å². The highest BCUT2D eigenvalue weighted by Crippen LogP contribution is 2.32. The molecule has 0 spiro atoms. The van der Waals surface area contributed by atoms with Crippen LogP contribution in [0.2, 0.25) is 0 Å². The van der Waals surface area contributed by atoms with Crippen LogP contribution in [0.1, 0.15) is 55.3 Å². The van der Waals surface area contributed by atoms with Gasteiger partial charge in [-0.25, -0.2) is 9.97 Å². The molecule has 40 heavy (non-hydrogen) atoms. The molecule has 4 aromatic rings. The van der Waals surface area contributed by atoms with Crippen molar-refractivity contribution >= 4 is 40.0 Å². The molecule has 2 saturated heterocycles. The molecule has 0 aliphatic carbocycles. The number of pyridine rings is 1. The number of hydrogen-bond acceptors (Lipinski definition) is 8. The lowest BCUT2D eigenvalue weighted by atomic mass is 9.97. The summed E-state index contributed by atoms with van der Waals surface area (Å²) in [5, 5.41) is 3.62. The van der Waals surface area contributed by atoms with Crippen LogP contribution >= 0.6 is 11.3 Å². The van der Waals surface area contributed by atoms with Crippen LogP contribution in [0, 0.1) is 0 Å².